The minimum atomic E-state index is -4.79. The summed E-state index contributed by atoms with van der Waals surface area (Å²) in [6, 6.07) is 6.65. The van der Waals surface area contributed by atoms with Crippen LogP contribution in [0, 0.1) is 5.92 Å². The molecule has 5 N–H and O–H groups in total. The zero-order valence-corrected chi connectivity index (χ0v) is 22.6. The van der Waals surface area contributed by atoms with Crippen molar-refractivity contribution in [1.29, 1.82) is 0 Å². The largest absolute Gasteiger partial charge is 0.390 e. The molecule has 18 heteroatoms. The van der Waals surface area contributed by atoms with Crippen molar-refractivity contribution in [3.8, 4) is 0 Å². The molecule has 14 nitrogen and oxygen atoms in total. The first-order valence-electron chi connectivity index (χ1n) is 10.9. The van der Waals surface area contributed by atoms with Crippen molar-refractivity contribution >= 4 is 55.4 Å². The standard InChI is InChI=1S/C19H24Cl2N6O8P2/c1-34-16-13(6-11(15(16)28)8-35-37(32,33)9-36(29,30)31)27-18-14(25-26-27)17(23-19(21)24-18)22-7-10-4-2-3-5-12(10)20/h2-5,11,13,15-16,28H,6-9H2,1H3,(H,32,33)(H,22,23,24)(H2,29,30,31)/t11-,13-,15-,16+/m1/s1. The van der Waals surface area contributed by atoms with Crippen molar-refractivity contribution in [3.63, 3.8) is 0 Å². The number of ether oxygens (including phenoxy) is 1. The van der Waals surface area contributed by atoms with E-state index < -0.39 is 51.9 Å². The Morgan fingerprint density at radius 1 is 1.19 bits per heavy atom. The van der Waals surface area contributed by atoms with Gasteiger partial charge in [0.15, 0.2) is 22.9 Å². The third-order valence-electron chi connectivity index (χ3n) is 5.88. The normalized spacial score (nSPS) is 23.9. The highest BCUT2D eigenvalue weighted by molar-refractivity contribution is 7.70. The van der Waals surface area contributed by atoms with E-state index in [9.17, 15) is 19.1 Å². The van der Waals surface area contributed by atoms with Gasteiger partial charge in [0.25, 0.3) is 0 Å². The van der Waals surface area contributed by atoms with Gasteiger partial charge in [0.1, 0.15) is 6.10 Å². The molecular formula is C19H24Cl2N6O8P2. The number of nitrogens with zero attached hydrogens (tertiary/aromatic N) is 5. The van der Waals surface area contributed by atoms with Gasteiger partial charge >= 0.3 is 15.2 Å². The van der Waals surface area contributed by atoms with Gasteiger partial charge in [-0.25, -0.2) is 4.68 Å². The molecule has 0 radical (unpaired) electrons. The molecule has 0 aliphatic heterocycles. The number of aliphatic hydroxyl groups excluding tert-OH is 1. The summed E-state index contributed by atoms with van der Waals surface area (Å²) in [5, 5.41) is 22.8. The zero-order chi connectivity index (χ0) is 27.0. The fourth-order valence-corrected chi connectivity index (χ4v) is 7.22. The number of methoxy groups -OCH3 is 1. The van der Waals surface area contributed by atoms with Crippen LogP contribution in [-0.4, -0.2) is 76.6 Å². The highest BCUT2D eigenvalue weighted by Gasteiger charge is 2.46. The molecule has 4 rings (SSSR count). The molecule has 1 saturated carbocycles. The van der Waals surface area contributed by atoms with Crippen LogP contribution >= 0.6 is 38.4 Å². The van der Waals surface area contributed by atoms with Gasteiger partial charge in [0, 0.05) is 24.6 Å². The third-order valence-corrected chi connectivity index (χ3v) is 9.88. The smallest absolute Gasteiger partial charge is 0.340 e. The number of benzene rings is 1. The Balaban J connectivity index is 1.56. The summed E-state index contributed by atoms with van der Waals surface area (Å²) in [6.07, 6.45) is -1.82. The SMILES string of the molecule is CO[C@@H]1[C@H](O)[C@@H](COP(=O)(O)CP(=O)(O)O)C[C@H]1n1nnc2c(NCc3ccccc3Cl)nc(Cl)nc21. The van der Waals surface area contributed by atoms with Gasteiger partial charge in [-0.2, -0.15) is 9.97 Å². The van der Waals surface area contributed by atoms with E-state index in [-0.39, 0.29) is 17.4 Å². The second kappa shape index (κ2) is 11.2. The average molecular weight is 597 g/mol. The minimum absolute atomic E-state index is 0.0799. The highest BCUT2D eigenvalue weighted by atomic mass is 35.5. The first-order valence-corrected chi connectivity index (χ1v) is 15.2. The van der Waals surface area contributed by atoms with Crippen molar-refractivity contribution < 1.29 is 38.2 Å². The third kappa shape index (κ3) is 6.66. The van der Waals surface area contributed by atoms with E-state index >= 15 is 0 Å². The van der Waals surface area contributed by atoms with Crippen molar-refractivity contribution in [2.45, 2.75) is 31.2 Å². The van der Waals surface area contributed by atoms with Crippen LogP contribution in [0.25, 0.3) is 11.2 Å². The fraction of sp³-hybridized carbons (Fsp3) is 0.474. The van der Waals surface area contributed by atoms with Crippen LogP contribution < -0.4 is 5.32 Å². The van der Waals surface area contributed by atoms with Crippen LogP contribution in [0.4, 0.5) is 5.82 Å². The van der Waals surface area contributed by atoms with Crippen LogP contribution in [-0.2, 0) is 24.9 Å². The summed E-state index contributed by atoms with van der Waals surface area (Å²) in [4.78, 5) is 36.2. The molecule has 5 atom stereocenters. The molecule has 0 amide bonds. The Labute approximate surface area is 220 Å². The van der Waals surface area contributed by atoms with Crippen molar-refractivity contribution in [3.05, 3.63) is 40.1 Å². The number of rotatable bonds is 10. The first-order chi connectivity index (χ1) is 17.4. The number of aromatic nitrogens is 5. The van der Waals surface area contributed by atoms with E-state index in [1.54, 1.807) is 6.07 Å². The maximum absolute atomic E-state index is 12.0. The number of fused-ring (bicyclic) bond motifs is 1. The Morgan fingerprint density at radius 3 is 2.59 bits per heavy atom. The molecule has 1 aromatic carbocycles. The molecule has 3 aromatic rings. The summed E-state index contributed by atoms with van der Waals surface area (Å²) in [6.45, 7) is -0.120. The quantitative estimate of drug-likeness (QED) is 0.169. The van der Waals surface area contributed by atoms with Gasteiger partial charge in [-0.15, -0.1) is 5.10 Å². The average Bonchev–Trinajstić information content (AvgIpc) is 3.35. The molecule has 1 fully saturated rings. The van der Waals surface area contributed by atoms with Gasteiger partial charge in [-0.05, 0) is 29.7 Å². The summed E-state index contributed by atoms with van der Waals surface area (Å²) < 4.78 is 35.0. The molecule has 0 spiro atoms. The van der Waals surface area contributed by atoms with Crippen molar-refractivity contribution in [2.75, 3.05) is 24.9 Å². The monoisotopic (exact) mass is 596 g/mol. The summed E-state index contributed by atoms with van der Waals surface area (Å²) in [5.74, 6) is -1.73. The number of hydrogen-bond acceptors (Lipinski definition) is 10. The lowest BCUT2D eigenvalue weighted by Crippen LogP contribution is -2.33. The number of nitrogens with one attached hydrogen (secondary N) is 1. The van der Waals surface area contributed by atoms with Gasteiger partial charge in [0.05, 0.1) is 18.8 Å². The van der Waals surface area contributed by atoms with Crippen LogP contribution in [0.15, 0.2) is 24.3 Å². The van der Waals surface area contributed by atoms with E-state index in [1.807, 2.05) is 18.2 Å². The molecule has 1 aliphatic rings. The Bertz CT molecular complexity index is 1370. The lowest BCUT2D eigenvalue weighted by molar-refractivity contribution is -0.0297. The minimum Gasteiger partial charge on any atom is -0.390 e. The topological polar surface area (TPSA) is 202 Å². The highest BCUT2D eigenvalue weighted by Crippen LogP contribution is 2.56. The summed E-state index contributed by atoms with van der Waals surface area (Å²) >= 11 is 12.4. The van der Waals surface area contributed by atoms with E-state index in [4.69, 9.17) is 42.2 Å². The molecule has 2 aromatic heterocycles. The van der Waals surface area contributed by atoms with Gasteiger partial charge in [-0.1, -0.05) is 35.0 Å². The Kier molecular flexibility index (Phi) is 8.56. The first kappa shape index (κ1) is 28.3. The second-order valence-electron chi connectivity index (χ2n) is 8.49. The fourth-order valence-electron chi connectivity index (χ4n) is 4.24. The molecule has 0 bridgehead atoms. The molecule has 2 heterocycles. The van der Waals surface area contributed by atoms with Gasteiger partial charge < -0.3 is 34.4 Å². The van der Waals surface area contributed by atoms with Crippen molar-refractivity contribution in [2.24, 2.45) is 5.92 Å². The van der Waals surface area contributed by atoms with E-state index in [1.165, 1.54) is 11.8 Å². The predicted octanol–water partition coefficient (Wildman–Crippen LogP) is 2.41. The zero-order valence-electron chi connectivity index (χ0n) is 19.3. The Hall–Kier alpha value is -1.70. The number of anilines is 1. The summed E-state index contributed by atoms with van der Waals surface area (Å²) in [5.41, 5.74) is 1.39. The molecule has 202 valence electrons. The molecule has 37 heavy (non-hydrogen) atoms. The molecular weight excluding hydrogens is 573 g/mol. The van der Waals surface area contributed by atoms with Gasteiger partial charge in [-0.3, -0.25) is 9.13 Å². The molecule has 1 unspecified atom stereocenters. The number of halogens is 2. The Morgan fingerprint density at radius 2 is 1.92 bits per heavy atom. The molecule has 1 aliphatic carbocycles. The molecule has 0 saturated heterocycles. The predicted molar refractivity (Wildman–Crippen MR) is 134 cm³/mol. The van der Waals surface area contributed by atoms with Crippen LogP contribution in [0.2, 0.25) is 10.3 Å². The van der Waals surface area contributed by atoms with E-state index in [2.05, 4.69) is 25.6 Å². The van der Waals surface area contributed by atoms with E-state index in [0.717, 1.165) is 5.56 Å². The van der Waals surface area contributed by atoms with Crippen LogP contribution in [0.3, 0.4) is 0 Å². The summed E-state index contributed by atoms with van der Waals surface area (Å²) in [7, 11) is -8.00. The lowest BCUT2D eigenvalue weighted by atomic mass is 10.1. The lowest BCUT2D eigenvalue weighted by Gasteiger charge is -2.21. The number of hydrogen-bond donors (Lipinski definition) is 5. The van der Waals surface area contributed by atoms with Crippen LogP contribution in [0.5, 0.6) is 0 Å². The van der Waals surface area contributed by atoms with E-state index in [0.29, 0.717) is 22.9 Å². The van der Waals surface area contributed by atoms with Gasteiger partial charge in [0.2, 0.25) is 5.28 Å². The van der Waals surface area contributed by atoms with Crippen LogP contribution in [0.1, 0.15) is 18.0 Å². The maximum atomic E-state index is 12.0. The van der Waals surface area contributed by atoms with Crippen molar-refractivity contribution in [1.82, 2.24) is 25.0 Å². The second-order valence-corrected chi connectivity index (χ2v) is 13.2. The maximum Gasteiger partial charge on any atom is 0.340 e. The number of aliphatic hydroxyl groups is 1.